The Kier molecular flexibility index (Phi) is 3.60. The van der Waals surface area contributed by atoms with Gasteiger partial charge in [-0.25, -0.2) is 4.79 Å². The fraction of sp³-hybridized carbons (Fsp3) is 0.909. The third kappa shape index (κ3) is 3.09. The van der Waals surface area contributed by atoms with Crippen LogP contribution >= 0.6 is 0 Å². The molecule has 15 heavy (non-hydrogen) atoms. The van der Waals surface area contributed by atoms with Crippen LogP contribution in [0.2, 0.25) is 0 Å². The first-order valence-electron chi connectivity index (χ1n) is 5.47. The van der Waals surface area contributed by atoms with E-state index in [4.69, 9.17) is 9.84 Å². The van der Waals surface area contributed by atoms with E-state index in [1.807, 2.05) is 27.7 Å². The number of nitrogens with zero attached hydrogens (tertiary/aromatic N) is 1. The lowest BCUT2D eigenvalue weighted by Crippen LogP contribution is -2.44. The fourth-order valence-electron chi connectivity index (χ4n) is 1.89. The second-order valence-corrected chi connectivity index (χ2v) is 5.15. The van der Waals surface area contributed by atoms with Crippen molar-refractivity contribution in [1.82, 2.24) is 4.90 Å². The van der Waals surface area contributed by atoms with Crippen LogP contribution in [0.1, 0.15) is 40.5 Å². The van der Waals surface area contributed by atoms with Crippen molar-refractivity contribution in [1.29, 1.82) is 0 Å². The molecule has 0 aliphatic carbocycles. The van der Waals surface area contributed by atoms with Gasteiger partial charge in [-0.05, 0) is 40.5 Å². The Bertz CT molecular complexity index is 234. The van der Waals surface area contributed by atoms with E-state index in [0.29, 0.717) is 0 Å². The number of ether oxygens (including phenoxy) is 1. The van der Waals surface area contributed by atoms with E-state index in [1.54, 1.807) is 4.90 Å². The first-order chi connectivity index (χ1) is 6.85. The van der Waals surface area contributed by atoms with Crippen LogP contribution in [0.4, 0.5) is 4.79 Å². The minimum Gasteiger partial charge on any atom is -0.444 e. The molecule has 88 valence electrons. The van der Waals surface area contributed by atoms with Gasteiger partial charge in [0.05, 0.1) is 12.6 Å². The van der Waals surface area contributed by atoms with Crippen molar-refractivity contribution in [2.75, 3.05) is 6.61 Å². The zero-order chi connectivity index (χ0) is 11.6. The van der Waals surface area contributed by atoms with Gasteiger partial charge in [-0.1, -0.05) is 0 Å². The van der Waals surface area contributed by atoms with E-state index >= 15 is 0 Å². The van der Waals surface area contributed by atoms with E-state index in [9.17, 15) is 4.79 Å². The van der Waals surface area contributed by atoms with Crippen LogP contribution < -0.4 is 0 Å². The molecule has 0 bridgehead atoms. The third-order valence-electron chi connectivity index (χ3n) is 2.60. The van der Waals surface area contributed by atoms with Crippen molar-refractivity contribution < 1.29 is 14.6 Å². The highest BCUT2D eigenvalue weighted by molar-refractivity contribution is 5.69. The van der Waals surface area contributed by atoms with Crippen LogP contribution in [0, 0.1) is 0 Å². The van der Waals surface area contributed by atoms with Crippen LogP contribution in [-0.4, -0.2) is 40.4 Å². The molecule has 1 fully saturated rings. The summed E-state index contributed by atoms with van der Waals surface area (Å²) in [6.45, 7) is 7.54. The minimum absolute atomic E-state index is 0.0174. The average molecular weight is 215 g/mol. The van der Waals surface area contributed by atoms with Crippen molar-refractivity contribution in [2.45, 2.75) is 58.2 Å². The zero-order valence-electron chi connectivity index (χ0n) is 9.99. The van der Waals surface area contributed by atoms with Crippen LogP contribution in [-0.2, 0) is 4.74 Å². The zero-order valence-corrected chi connectivity index (χ0v) is 9.99. The van der Waals surface area contributed by atoms with Gasteiger partial charge in [-0.15, -0.1) is 0 Å². The minimum atomic E-state index is -0.473. The van der Waals surface area contributed by atoms with Crippen LogP contribution in [0.25, 0.3) is 0 Å². The van der Waals surface area contributed by atoms with Crippen molar-refractivity contribution >= 4 is 6.09 Å². The number of aliphatic hydroxyl groups is 1. The van der Waals surface area contributed by atoms with Gasteiger partial charge in [0.15, 0.2) is 0 Å². The molecule has 1 rings (SSSR count). The molecule has 1 heterocycles. The normalized spacial score (nSPS) is 26.9. The van der Waals surface area contributed by atoms with Crippen molar-refractivity contribution in [3.8, 4) is 0 Å². The molecule has 1 unspecified atom stereocenters. The lowest BCUT2D eigenvalue weighted by Gasteiger charge is -2.30. The molecule has 4 nitrogen and oxygen atoms in total. The SMILES string of the molecule is CC1CC[C@@H](CO)N1C(=O)OC(C)(C)C. The Balaban J connectivity index is 2.64. The maximum atomic E-state index is 11.8. The molecule has 0 aromatic rings. The quantitative estimate of drug-likeness (QED) is 0.725. The summed E-state index contributed by atoms with van der Waals surface area (Å²) in [4.78, 5) is 13.5. The first kappa shape index (κ1) is 12.3. The van der Waals surface area contributed by atoms with Crippen molar-refractivity contribution in [2.24, 2.45) is 0 Å². The van der Waals surface area contributed by atoms with E-state index in [0.717, 1.165) is 12.8 Å². The monoisotopic (exact) mass is 215 g/mol. The molecule has 1 amide bonds. The predicted molar refractivity (Wildman–Crippen MR) is 57.6 cm³/mol. The van der Waals surface area contributed by atoms with E-state index in [-0.39, 0.29) is 24.8 Å². The highest BCUT2D eigenvalue weighted by atomic mass is 16.6. The third-order valence-corrected chi connectivity index (χ3v) is 2.60. The lowest BCUT2D eigenvalue weighted by atomic mass is 10.2. The molecule has 0 spiro atoms. The molecule has 0 aromatic heterocycles. The number of likely N-dealkylation sites (tertiary alicyclic amines) is 1. The molecule has 0 radical (unpaired) electrons. The van der Waals surface area contributed by atoms with Gasteiger partial charge in [0, 0.05) is 6.04 Å². The molecule has 1 saturated heterocycles. The van der Waals surface area contributed by atoms with Gasteiger partial charge in [0.25, 0.3) is 0 Å². The fourth-order valence-corrected chi connectivity index (χ4v) is 1.89. The number of rotatable bonds is 1. The maximum absolute atomic E-state index is 11.8. The molecule has 1 aliphatic heterocycles. The van der Waals surface area contributed by atoms with Gasteiger partial charge in [-0.2, -0.15) is 0 Å². The molecule has 1 N–H and O–H groups in total. The molecular weight excluding hydrogens is 194 g/mol. The summed E-state index contributed by atoms with van der Waals surface area (Å²) in [6, 6.07) is 0.0897. The molecular formula is C11H21NO3. The first-order valence-corrected chi connectivity index (χ1v) is 5.47. The van der Waals surface area contributed by atoms with Gasteiger partial charge < -0.3 is 14.7 Å². The van der Waals surface area contributed by atoms with Gasteiger partial charge in [-0.3, -0.25) is 0 Å². The molecule has 1 aliphatic rings. The highest BCUT2D eigenvalue weighted by Gasteiger charge is 2.36. The standard InChI is InChI=1S/C11H21NO3/c1-8-5-6-9(7-13)12(8)10(14)15-11(2,3)4/h8-9,13H,5-7H2,1-4H3/t8?,9-/m0/s1. The van der Waals surface area contributed by atoms with Crippen LogP contribution in [0.3, 0.4) is 0 Å². The van der Waals surface area contributed by atoms with Crippen molar-refractivity contribution in [3.63, 3.8) is 0 Å². The van der Waals surface area contributed by atoms with E-state index < -0.39 is 5.60 Å². The summed E-state index contributed by atoms with van der Waals surface area (Å²) in [5.74, 6) is 0. The second kappa shape index (κ2) is 4.39. The summed E-state index contributed by atoms with van der Waals surface area (Å²) in [7, 11) is 0. The lowest BCUT2D eigenvalue weighted by molar-refractivity contribution is 0.0105. The summed E-state index contributed by atoms with van der Waals surface area (Å²) in [6.07, 6.45) is 1.48. The van der Waals surface area contributed by atoms with Gasteiger partial charge in [0.2, 0.25) is 0 Å². The summed E-state index contributed by atoms with van der Waals surface area (Å²) in [5.41, 5.74) is -0.473. The summed E-state index contributed by atoms with van der Waals surface area (Å²) >= 11 is 0. The van der Waals surface area contributed by atoms with Gasteiger partial charge >= 0.3 is 6.09 Å². The average Bonchev–Trinajstić information content (AvgIpc) is 2.43. The number of aliphatic hydroxyl groups excluding tert-OH is 1. The molecule has 0 saturated carbocycles. The van der Waals surface area contributed by atoms with Gasteiger partial charge in [0.1, 0.15) is 5.60 Å². The second-order valence-electron chi connectivity index (χ2n) is 5.15. The van der Waals surface area contributed by atoms with Crippen LogP contribution in [0.15, 0.2) is 0 Å². The Morgan fingerprint density at radius 3 is 2.53 bits per heavy atom. The van der Waals surface area contributed by atoms with E-state index in [1.165, 1.54) is 0 Å². The Morgan fingerprint density at radius 1 is 1.47 bits per heavy atom. The summed E-state index contributed by atoms with van der Waals surface area (Å²) < 4.78 is 5.30. The molecule has 2 atom stereocenters. The number of hydrogen-bond acceptors (Lipinski definition) is 3. The highest BCUT2D eigenvalue weighted by Crippen LogP contribution is 2.25. The maximum Gasteiger partial charge on any atom is 0.410 e. The number of amides is 1. The van der Waals surface area contributed by atoms with Crippen molar-refractivity contribution in [3.05, 3.63) is 0 Å². The van der Waals surface area contributed by atoms with E-state index in [2.05, 4.69) is 0 Å². The summed E-state index contributed by atoms with van der Waals surface area (Å²) in [5, 5.41) is 9.15. The topological polar surface area (TPSA) is 49.8 Å². The Labute approximate surface area is 91.2 Å². The largest absolute Gasteiger partial charge is 0.444 e. The van der Waals surface area contributed by atoms with Crippen LogP contribution in [0.5, 0.6) is 0 Å². The number of carbonyl (C=O) groups is 1. The predicted octanol–water partition coefficient (Wildman–Crippen LogP) is 1.77. The molecule has 0 aromatic carbocycles. The number of hydrogen-bond donors (Lipinski definition) is 1. The Hall–Kier alpha value is -0.770. The smallest absolute Gasteiger partial charge is 0.410 e. The Morgan fingerprint density at radius 2 is 2.07 bits per heavy atom. The molecule has 4 heteroatoms. The number of carbonyl (C=O) groups excluding carboxylic acids is 1.